The number of carbonyl (C=O) groups is 1. The molecule has 0 radical (unpaired) electrons. The van der Waals surface area contributed by atoms with Crippen molar-refractivity contribution in [2.24, 2.45) is 0 Å². The lowest BCUT2D eigenvalue weighted by atomic mass is 10.1. The average molecular weight is 258 g/mol. The Labute approximate surface area is 104 Å². The van der Waals surface area contributed by atoms with Crippen molar-refractivity contribution in [1.29, 1.82) is 0 Å². The number of esters is 1. The molecule has 1 aromatic carbocycles. The fraction of sp³-hybridized carbons (Fsp3) is 0.417. The maximum atomic E-state index is 13.5. The minimum Gasteiger partial charge on any atom is -0.465 e. The number of benzene rings is 1. The maximum absolute atomic E-state index is 13.5. The fourth-order valence-corrected chi connectivity index (χ4v) is 2.01. The van der Waals surface area contributed by atoms with Crippen LogP contribution in [0.3, 0.4) is 0 Å². The van der Waals surface area contributed by atoms with Gasteiger partial charge >= 0.3 is 5.97 Å². The van der Waals surface area contributed by atoms with Gasteiger partial charge in [-0.1, -0.05) is 6.92 Å². The van der Waals surface area contributed by atoms with Crippen LogP contribution in [-0.2, 0) is 10.5 Å². The number of halogens is 1. The first-order chi connectivity index (χ1) is 8.08. The van der Waals surface area contributed by atoms with Crippen molar-refractivity contribution in [1.82, 2.24) is 0 Å². The number of carbonyl (C=O) groups excluding carboxylic acids is 1. The quantitative estimate of drug-likeness (QED) is 0.823. The molecule has 0 heterocycles. The van der Waals surface area contributed by atoms with E-state index in [0.717, 1.165) is 0 Å². The molecule has 0 saturated heterocycles. The lowest BCUT2D eigenvalue weighted by Gasteiger charge is -2.09. The second-order valence-electron chi connectivity index (χ2n) is 3.60. The molecule has 0 aliphatic heterocycles. The summed E-state index contributed by atoms with van der Waals surface area (Å²) in [6.07, 6.45) is 0. The van der Waals surface area contributed by atoms with Gasteiger partial charge in [0.05, 0.1) is 19.3 Å². The van der Waals surface area contributed by atoms with Crippen LogP contribution < -0.4 is 0 Å². The zero-order chi connectivity index (χ0) is 12.8. The van der Waals surface area contributed by atoms with E-state index in [4.69, 9.17) is 5.11 Å². The molecule has 5 heteroatoms. The number of aliphatic hydroxyl groups excluding tert-OH is 1. The van der Waals surface area contributed by atoms with Crippen LogP contribution in [0.4, 0.5) is 4.39 Å². The smallest absolute Gasteiger partial charge is 0.337 e. The molecule has 1 rings (SSSR count). The second-order valence-corrected chi connectivity index (χ2v) is 5.03. The Hall–Kier alpha value is -1.07. The number of methoxy groups -OCH3 is 1. The molecular weight excluding hydrogens is 243 g/mol. The summed E-state index contributed by atoms with van der Waals surface area (Å²) in [5, 5.41) is 8.91. The topological polar surface area (TPSA) is 46.5 Å². The molecule has 0 bridgehead atoms. The first-order valence-corrected chi connectivity index (χ1v) is 6.22. The summed E-state index contributed by atoms with van der Waals surface area (Å²) in [6.45, 7) is 1.90. The van der Waals surface area contributed by atoms with Gasteiger partial charge in [0.2, 0.25) is 0 Å². The monoisotopic (exact) mass is 258 g/mol. The van der Waals surface area contributed by atoms with E-state index >= 15 is 0 Å². The van der Waals surface area contributed by atoms with E-state index in [9.17, 15) is 9.18 Å². The van der Waals surface area contributed by atoms with Gasteiger partial charge in [-0.25, -0.2) is 9.18 Å². The molecular formula is C12H15FO3S. The third-order valence-electron chi connectivity index (χ3n) is 2.25. The molecule has 0 fully saturated rings. The van der Waals surface area contributed by atoms with Gasteiger partial charge in [0.1, 0.15) is 5.82 Å². The van der Waals surface area contributed by atoms with Crippen LogP contribution in [0.25, 0.3) is 0 Å². The van der Waals surface area contributed by atoms with Gasteiger partial charge in [0.15, 0.2) is 0 Å². The van der Waals surface area contributed by atoms with E-state index in [-0.39, 0.29) is 17.7 Å². The molecule has 0 aliphatic carbocycles. The van der Waals surface area contributed by atoms with Gasteiger partial charge in [-0.2, -0.15) is 11.8 Å². The van der Waals surface area contributed by atoms with Gasteiger partial charge in [-0.15, -0.1) is 0 Å². The third kappa shape index (κ3) is 4.02. The molecule has 0 aromatic heterocycles. The van der Waals surface area contributed by atoms with E-state index in [1.807, 2.05) is 6.92 Å². The van der Waals surface area contributed by atoms with Crippen molar-refractivity contribution >= 4 is 17.7 Å². The predicted molar refractivity (Wildman–Crippen MR) is 65.6 cm³/mol. The van der Waals surface area contributed by atoms with Crippen LogP contribution in [0.5, 0.6) is 0 Å². The molecule has 0 aliphatic rings. The summed E-state index contributed by atoms with van der Waals surface area (Å²) in [5.74, 6) is -0.417. The normalized spacial score (nSPS) is 12.2. The summed E-state index contributed by atoms with van der Waals surface area (Å²) >= 11 is 1.43. The van der Waals surface area contributed by atoms with Gasteiger partial charge in [0.25, 0.3) is 0 Å². The summed E-state index contributed by atoms with van der Waals surface area (Å²) in [6, 6.07) is 4.13. The summed E-state index contributed by atoms with van der Waals surface area (Å²) in [5.41, 5.74) is 0.777. The third-order valence-corrected chi connectivity index (χ3v) is 3.44. The van der Waals surface area contributed by atoms with Crippen molar-refractivity contribution in [2.75, 3.05) is 13.7 Å². The standard InChI is InChI=1S/C12H15FO3S/c1-8(6-14)17-7-10-5-9(12(15)16-2)3-4-11(10)13/h3-5,8,14H,6-7H2,1-2H3/t8-/m1/s1. The highest BCUT2D eigenvalue weighted by atomic mass is 32.2. The average Bonchev–Trinajstić information content (AvgIpc) is 2.36. The molecule has 17 heavy (non-hydrogen) atoms. The SMILES string of the molecule is COC(=O)c1ccc(F)c(CS[C@H](C)CO)c1. The molecule has 1 aromatic rings. The number of hydrogen-bond acceptors (Lipinski definition) is 4. The largest absolute Gasteiger partial charge is 0.465 e. The van der Waals surface area contributed by atoms with Crippen molar-refractivity contribution in [3.63, 3.8) is 0 Å². The zero-order valence-electron chi connectivity index (χ0n) is 9.77. The lowest BCUT2D eigenvalue weighted by Crippen LogP contribution is -2.05. The van der Waals surface area contributed by atoms with Crippen molar-refractivity contribution in [3.8, 4) is 0 Å². The Bertz CT molecular complexity index is 395. The molecule has 0 amide bonds. The number of ether oxygens (including phenoxy) is 1. The Balaban J connectivity index is 2.80. The van der Waals surface area contributed by atoms with Crippen LogP contribution in [0.2, 0.25) is 0 Å². The fourth-order valence-electron chi connectivity index (χ4n) is 1.21. The lowest BCUT2D eigenvalue weighted by molar-refractivity contribution is 0.0600. The number of rotatable bonds is 5. The molecule has 1 atom stereocenters. The predicted octanol–water partition coefficient (Wildman–Crippen LogP) is 2.23. The Morgan fingerprint density at radius 1 is 1.59 bits per heavy atom. The van der Waals surface area contributed by atoms with Gasteiger partial charge in [0, 0.05) is 11.0 Å². The highest BCUT2D eigenvalue weighted by Crippen LogP contribution is 2.21. The summed E-state index contributed by atoms with van der Waals surface area (Å²) in [4.78, 5) is 11.3. The minimum atomic E-state index is -0.480. The number of thioether (sulfide) groups is 1. The molecule has 0 saturated carbocycles. The van der Waals surface area contributed by atoms with E-state index in [1.54, 1.807) is 0 Å². The Morgan fingerprint density at radius 2 is 2.29 bits per heavy atom. The highest BCUT2D eigenvalue weighted by Gasteiger charge is 2.11. The summed E-state index contributed by atoms with van der Waals surface area (Å²) in [7, 11) is 1.29. The molecule has 3 nitrogen and oxygen atoms in total. The first-order valence-electron chi connectivity index (χ1n) is 5.17. The van der Waals surface area contributed by atoms with Crippen molar-refractivity contribution < 1.29 is 19.0 Å². The Kier molecular flexibility index (Phi) is 5.44. The minimum absolute atomic E-state index is 0.0381. The van der Waals surface area contributed by atoms with E-state index in [0.29, 0.717) is 16.9 Å². The first kappa shape index (κ1) is 14.0. The summed E-state index contributed by atoms with van der Waals surface area (Å²) < 4.78 is 18.0. The van der Waals surface area contributed by atoms with E-state index in [1.165, 1.54) is 37.1 Å². The van der Waals surface area contributed by atoms with Crippen LogP contribution >= 0.6 is 11.8 Å². The van der Waals surface area contributed by atoms with Crippen LogP contribution in [0.15, 0.2) is 18.2 Å². The van der Waals surface area contributed by atoms with Gasteiger partial charge in [-0.05, 0) is 23.8 Å². The van der Waals surface area contributed by atoms with Gasteiger partial charge < -0.3 is 9.84 Å². The molecule has 94 valence electrons. The van der Waals surface area contributed by atoms with E-state index in [2.05, 4.69) is 4.74 Å². The van der Waals surface area contributed by atoms with Crippen LogP contribution in [0, 0.1) is 5.82 Å². The molecule has 1 N–H and O–H groups in total. The number of aliphatic hydroxyl groups is 1. The van der Waals surface area contributed by atoms with Gasteiger partial charge in [-0.3, -0.25) is 0 Å². The molecule has 0 unspecified atom stereocenters. The van der Waals surface area contributed by atoms with E-state index < -0.39 is 5.97 Å². The highest BCUT2D eigenvalue weighted by molar-refractivity contribution is 7.99. The zero-order valence-corrected chi connectivity index (χ0v) is 10.6. The van der Waals surface area contributed by atoms with Crippen molar-refractivity contribution in [2.45, 2.75) is 17.9 Å². The van der Waals surface area contributed by atoms with Crippen LogP contribution in [0.1, 0.15) is 22.8 Å². The number of hydrogen-bond donors (Lipinski definition) is 1. The second kappa shape index (κ2) is 6.61. The maximum Gasteiger partial charge on any atom is 0.337 e. The Morgan fingerprint density at radius 3 is 2.88 bits per heavy atom. The molecule has 0 spiro atoms. The van der Waals surface area contributed by atoms with Crippen molar-refractivity contribution in [3.05, 3.63) is 35.1 Å². The van der Waals surface area contributed by atoms with Crippen LogP contribution in [-0.4, -0.2) is 30.0 Å².